The Morgan fingerprint density at radius 1 is 1.70 bits per heavy atom. The number of aromatic nitrogens is 2. The van der Waals surface area contributed by atoms with Gasteiger partial charge >= 0.3 is 0 Å². The fourth-order valence-corrected chi connectivity index (χ4v) is 1.21. The fraction of sp³-hybridized carbons (Fsp3) is 0.571. The first-order valence-corrected chi connectivity index (χ1v) is 3.37. The molecule has 0 saturated carbocycles. The first kappa shape index (κ1) is 7.28. The maximum absolute atomic E-state index is 5.70. The van der Waals surface area contributed by atoms with Gasteiger partial charge in [-0.2, -0.15) is 5.10 Å². The molecule has 0 aliphatic carbocycles. The Labute approximate surface area is 60.8 Å². The SMILES string of the molecule is Cc1cnn(C)c1[C@H](C)N. The molecule has 1 aromatic rings. The van der Waals surface area contributed by atoms with Gasteiger partial charge in [-0.1, -0.05) is 0 Å². The third-order valence-corrected chi connectivity index (χ3v) is 1.61. The molecule has 0 aliphatic heterocycles. The summed E-state index contributed by atoms with van der Waals surface area (Å²) in [6.45, 7) is 3.98. The average Bonchev–Trinajstić information content (AvgIpc) is 2.11. The molecule has 0 radical (unpaired) electrons. The largest absolute Gasteiger partial charge is 0.323 e. The van der Waals surface area contributed by atoms with E-state index in [0.29, 0.717) is 0 Å². The number of aryl methyl sites for hydroxylation is 2. The van der Waals surface area contributed by atoms with E-state index >= 15 is 0 Å². The smallest absolute Gasteiger partial charge is 0.0574 e. The molecule has 1 atom stereocenters. The molecule has 1 rings (SSSR count). The summed E-state index contributed by atoms with van der Waals surface area (Å²) >= 11 is 0. The summed E-state index contributed by atoms with van der Waals surface area (Å²) < 4.78 is 1.82. The number of hydrogen-bond donors (Lipinski definition) is 1. The van der Waals surface area contributed by atoms with Gasteiger partial charge in [0.15, 0.2) is 0 Å². The van der Waals surface area contributed by atoms with E-state index in [1.54, 1.807) is 0 Å². The van der Waals surface area contributed by atoms with Gasteiger partial charge in [0.2, 0.25) is 0 Å². The van der Waals surface area contributed by atoms with Gasteiger partial charge in [0.05, 0.1) is 11.9 Å². The lowest BCUT2D eigenvalue weighted by molar-refractivity contribution is 0.651. The van der Waals surface area contributed by atoms with Crippen LogP contribution in [0.5, 0.6) is 0 Å². The van der Waals surface area contributed by atoms with Crippen molar-refractivity contribution in [3.63, 3.8) is 0 Å². The summed E-state index contributed by atoms with van der Waals surface area (Å²) in [4.78, 5) is 0. The van der Waals surface area contributed by atoms with Crippen LogP contribution >= 0.6 is 0 Å². The maximum Gasteiger partial charge on any atom is 0.0574 e. The van der Waals surface area contributed by atoms with E-state index in [0.717, 1.165) is 11.3 Å². The van der Waals surface area contributed by atoms with Crippen LogP contribution in [0.3, 0.4) is 0 Å². The van der Waals surface area contributed by atoms with E-state index in [9.17, 15) is 0 Å². The van der Waals surface area contributed by atoms with Gasteiger partial charge in [-0.05, 0) is 19.4 Å². The Balaban J connectivity index is 3.10. The van der Waals surface area contributed by atoms with Gasteiger partial charge in [0.25, 0.3) is 0 Å². The summed E-state index contributed by atoms with van der Waals surface area (Å²) in [6.07, 6.45) is 1.83. The molecule has 3 heteroatoms. The van der Waals surface area contributed by atoms with Crippen LogP contribution in [-0.4, -0.2) is 9.78 Å². The lowest BCUT2D eigenvalue weighted by atomic mass is 10.2. The first-order valence-electron chi connectivity index (χ1n) is 3.37. The molecule has 0 aliphatic rings. The Kier molecular flexibility index (Phi) is 1.76. The molecule has 0 fully saturated rings. The number of rotatable bonds is 1. The van der Waals surface area contributed by atoms with Crippen molar-refractivity contribution in [2.75, 3.05) is 0 Å². The van der Waals surface area contributed by atoms with Crippen LogP contribution in [0.15, 0.2) is 6.20 Å². The zero-order chi connectivity index (χ0) is 7.72. The van der Waals surface area contributed by atoms with Crippen molar-refractivity contribution in [3.8, 4) is 0 Å². The van der Waals surface area contributed by atoms with Crippen molar-refractivity contribution in [3.05, 3.63) is 17.5 Å². The van der Waals surface area contributed by atoms with Crippen LogP contribution < -0.4 is 5.73 Å². The van der Waals surface area contributed by atoms with Gasteiger partial charge in [0, 0.05) is 13.1 Å². The van der Waals surface area contributed by atoms with Gasteiger partial charge in [-0.15, -0.1) is 0 Å². The third kappa shape index (κ3) is 1.04. The zero-order valence-electron chi connectivity index (χ0n) is 6.63. The molecule has 0 spiro atoms. The minimum absolute atomic E-state index is 0.0764. The van der Waals surface area contributed by atoms with Crippen molar-refractivity contribution >= 4 is 0 Å². The standard InChI is InChI=1S/C7H13N3/c1-5-4-9-10(3)7(5)6(2)8/h4,6H,8H2,1-3H3/t6-/m0/s1. The Hall–Kier alpha value is -0.830. The van der Waals surface area contributed by atoms with Gasteiger partial charge in [-0.25, -0.2) is 0 Å². The highest BCUT2D eigenvalue weighted by atomic mass is 15.3. The third-order valence-electron chi connectivity index (χ3n) is 1.61. The molecule has 1 heterocycles. The lowest BCUT2D eigenvalue weighted by Crippen LogP contribution is -2.11. The molecule has 3 nitrogen and oxygen atoms in total. The van der Waals surface area contributed by atoms with Crippen LogP contribution in [0.2, 0.25) is 0 Å². The Morgan fingerprint density at radius 2 is 2.30 bits per heavy atom. The van der Waals surface area contributed by atoms with Gasteiger partial charge < -0.3 is 5.73 Å². The fourth-order valence-electron chi connectivity index (χ4n) is 1.21. The number of hydrogen-bond acceptors (Lipinski definition) is 2. The topological polar surface area (TPSA) is 43.8 Å². The molecule has 10 heavy (non-hydrogen) atoms. The van der Waals surface area contributed by atoms with Crippen molar-refractivity contribution < 1.29 is 0 Å². The van der Waals surface area contributed by atoms with Crippen LogP contribution in [0.25, 0.3) is 0 Å². The highest BCUT2D eigenvalue weighted by Gasteiger charge is 2.07. The predicted octanol–water partition coefficient (Wildman–Crippen LogP) is 0.748. The minimum atomic E-state index is 0.0764. The normalized spacial score (nSPS) is 13.6. The summed E-state index contributed by atoms with van der Waals surface area (Å²) in [5, 5.41) is 4.07. The highest BCUT2D eigenvalue weighted by molar-refractivity contribution is 5.17. The average molecular weight is 139 g/mol. The summed E-state index contributed by atoms with van der Waals surface area (Å²) in [5.74, 6) is 0. The van der Waals surface area contributed by atoms with Gasteiger partial charge in [0.1, 0.15) is 0 Å². The van der Waals surface area contributed by atoms with Crippen LogP contribution in [0.4, 0.5) is 0 Å². The molecule has 2 N–H and O–H groups in total. The zero-order valence-corrected chi connectivity index (χ0v) is 6.63. The second kappa shape index (κ2) is 2.42. The van der Waals surface area contributed by atoms with E-state index in [1.807, 2.05) is 31.8 Å². The summed E-state index contributed by atoms with van der Waals surface area (Å²) in [7, 11) is 1.91. The van der Waals surface area contributed by atoms with E-state index < -0.39 is 0 Å². The molecule has 0 amide bonds. The van der Waals surface area contributed by atoms with Gasteiger partial charge in [-0.3, -0.25) is 4.68 Å². The van der Waals surface area contributed by atoms with E-state index in [1.165, 1.54) is 0 Å². The number of nitrogens with zero attached hydrogens (tertiary/aromatic N) is 2. The molecule has 56 valence electrons. The molecular weight excluding hydrogens is 126 g/mol. The van der Waals surface area contributed by atoms with Crippen molar-refractivity contribution in [1.29, 1.82) is 0 Å². The van der Waals surface area contributed by atoms with Crippen LogP contribution in [-0.2, 0) is 7.05 Å². The molecular formula is C7H13N3. The summed E-state index contributed by atoms with van der Waals surface area (Å²) in [6, 6.07) is 0.0764. The molecule has 1 aromatic heterocycles. The first-order chi connectivity index (χ1) is 4.63. The predicted molar refractivity (Wildman–Crippen MR) is 40.5 cm³/mol. The number of nitrogens with two attached hydrogens (primary N) is 1. The maximum atomic E-state index is 5.70. The van der Waals surface area contributed by atoms with Crippen LogP contribution in [0, 0.1) is 6.92 Å². The monoisotopic (exact) mass is 139 g/mol. The van der Waals surface area contributed by atoms with Crippen molar-refractivity contribution in [1.82, 2.24) is 9.78 Å². The molecule has 0 saturated heterocycles. The second-order valence-electron chi connectivity index (χ2n) is 2.63. The quantitative estimate of drug-likeness (QED) is 0.624. The van der Waals surface area contributed by atoms with Crippen molar-refractivity contribution in [2.24, 2.45) is 12.8 Å². The molecule has 0 aromatic carbocycles. The van der Waals surface area contributed by atoms with E-state index in [4.69, 9.17) is 5.73 Å². The molecule has 0 bridgehead atoms. The Bertz CT molecular complexity index is 205. The molecule has 0 unspecified atom stereocenters. The minimum Gasteiger partial charge on any atom is -0.323 e. The second-order valence-corrected chi connectivity index (χ2v) is 2.63. The van der Waals surface area contributed by atoms with Crippen LogP contribution in [0.1, 0.15) is 24.2 Å². The Morgan fingerprint density at radius 3 is 2.50 bits per heavy atom. The van der Waals surface area contributed by atoms with E-state index in [2.05, 4.69) is 5.10 Å². The van der Waals surface area contributed by atoms with E-state index in [-0.39, 0.29) is 6.04 Å². The van der Waals surface area contributed by atoms with Crippen molar-refractivity contribution in [2.45, 2.75) is 19.9 Å². The summed E-state index contributed by atoms with van der Waals surface area (Å²) in [5.41, 5.74) is 7.97. The highest BCUT2D eigenvalue weighted by Crippen LogP contribution is 2.12. The lowest BCUT2D eigenvalue weighted by Gasteiger charge is -2.06.